The van der Waals surface area contributed by atoms with Gasteiger partial charge in [-0.15, -0.1) is 0 Å². The Morgan fingerprint density at radius 2 is 1.94 bits per heavy atom. The maximum atomic E-state index is 5.67. The summed E-state index contributed by atoms with van der Waals surface area (Å²) in [5.41, 5.74) is 0. The lowest BCUT2D eigenvalue weighted by molar-refractivity contribution is 0.273. The predicted octanol–water partition coefficient (Wildman–Crippen LogP) is 3.50. The molecule has 2 aromatic rings. The van der Waals surface area contributed by atoms with Crippen molar-refractivity contribution in [2.75, 3.05) is 13.7 Å². The van der Waals surface area contributed by atoms with Crippen LogP contribution in [-0.2, 0) is 6.54 Å². The van der Waals surface area contributed by atoms with Crippen molar-refractivity contribution in [1.82, 2.24) is 9.78 Å². The first-order chi connectivity index (χ1) is 8.70. The molecular weight excluding hydrogens is 364 g/mol. The van der Waals surface area contributed by atoms with Crippen LogP contribution in [0.1, 0.15) is 0 Å². The van der Waals surface area contributed by atoms with E-state index in [1.165, 1.54) is 0 Å². The summed E-state index contributed by atoms with van der Waals surface area (Å²) in [5, 5.41) is 4.26. The van der Waals surface area contributed by atoms with Crippen molar-refractivity contribution in [3.05, 3.63) is 39.5 Å². The number of para-hydroxylation sites is 2. The Labute approximate surface area is 122 Å². The Morgan fingerprint density at radius 3 is 2.56 bits per heavy atom. The molecule has 0 radical (unpaired) electrons. The molecule has 0 aliphatic rings. The molecule has 0 aliphatic heterocycles. The van der Waals surface area contributed by atoms with E-state index in [-0.39, 0.29) is 0 Å². The van der Waals surface area contributed by atoms with E-state index >= 15 is 0 Å². The minimum absolute atomic E-state index is 0.521. The highest BCUT2D eigenvalue weighted by Gasteiger charge is 2.05. The minimum atomic E-state index is 0.521. The van der Waals surface area contributed by atoms with Gasteiger partial charge in [-0.25, -0.2) is 0 Å². The monoisotopic (exact) mass is 374 g/mol. The van der Waals surface area contributed by atoms with Crippen LogP contribution in [0.2, 0.25) is 0 Å². The summed E-state index contributed by atoms with van der Waals surface area (Å²) in [5.74, 6) is 1.47. The summed E-state index contributed by atoms with van der Waals surface area (Å²) in [4.78, 5) is 0. The number of rotatable bonds is 5. The SMILES string of the molecule is COc1ccccc1OCCn1nc(Br)cc1Br. The number of benzene rings is 1. The molecule has 6 heteroatoms. The predicted molar refractivity (Wildman–Crippen MR) is 76.1 cm³/mol. The molecular formula is C12H12Br2N2O2. The van der Waals surface area contributed by atoms with Crippen molar-refractivity contribution in [2.45, 2.75) is 6.54 Å². The molecule has 18 heavy (non-hydrogen) atoms. The number of ether oxygens (including phenoxy) is 2. The minimum Gasteiger partial charge on any atom is -0.493 e. The molecule has 0 bridgehead atoms. The van der Waals surface area contributed by atoms with Crippen LogP contribution >= 0.6 is 31.9 Å². The van der Waals surface area contributed by atoms with Gasteiger partial charge in [-0.3, -0.25) is 4.68 Å². The maximum Gasteiger partial charge on any atom is 0.161 e. The number of nitrogens with zero attached hydrogens (tertiary/aromatic N) is 2. The Bertz CT molecular complexity index is 529. The zero-order valence-electron chi connectivity index (χ0n) is 9.77. The lowest BCUT2D eigenvalue weighted by atomic mass is 10.3. The maximum absolute atomic E-state index is 5.67. The summed E-state index contributed by atoms with van der Waals surface area (Å²) < 4.78 is 14.4. The third kappa shape index (κ3) is 3.26. The first-order valence-electron chi connectivity index (χ1n) is 5.35. The second-order valence-corrected chi connectivity index (χ2v) is 5.14. The van der Waals surface area contributed by atoms with Crippen LogP contribution in [0, 0.1) is 0 Å². The molecule has 1 heterocycles. The van der Waals surface area contributed by atoms with E-state index in [9.17, 15) is 0 Å². The second kappa shape index (κ2) is 6.24. The zero-order valence-corrected chi connectivity index (χ0v) is 12.9. The van der Waals surface area contributed by atoms with Gasteiger partial charge in [0.1, 0.15) is 15.8 Å². The van der Waals surface area contributed by atoms with Gasteiger partial charge in [0, 0.05) is 6.07 Å². The fourth-order valence-corrected chi connectivity index (χ4v) is 2.69. The van der Waals surface area contributed by atoms with Gasteiger partial charge in [0.05, 0.1) is 13.7 Å². The lowest BCUT2D eigenvalue weighted by Crippen LogP contribution is -2.10. The molecule has 0 spiro atoms. The molecule has 96 valence electrons. The van der Waals surface area contributed by atoms with Crippen LogP contribution in [0.4, 0.5) is 0 Å². The van der Waals surface area contributed by atoms with E-state index in [0.29, 0.717) is 13.2 Å². The van der Waals surface area contributed by atoms with Gasteiger partial charge >= 0.3 is 0 Å². The molecule has 1 aromatic carbocycles. The Balaban J connectivity index is 1.94. The molecule has 4 nitrogen and oxygen atoms in total. The molecule has 0 fully saturated rings. The van der Waals surface area contributed by atoms with Crippen molar-refractivity contribution in [1.29, 1.82) is 0 Å². The van der Waals surface area contributed by atoms with Crippen molar-refractivity contribution in [3.8, 4) is 11.5 Å². The fraction of sp³-hybridized carbons (Fsp3) is 0.250. The van der Waals surface area contributed by atoms with Gasteiger partial charge in [-0.05, 0) is 44.0 Å². The number of hydrogen-bond donors (Lipinski definition) is 0. The van der Waals surface area contributed by atoms with Crippen LogP contribution in [0.15, 0.2) is 39.5 Å². The van der Waals surface area contributed by atoms with E-state index in [1.807, 2.05) is 35.0 Å². The highest BCUT2D eigenvalue weighted by molar-refractivity contribution is 9.11. The molecule has 0 saturated heterocycles. The Hall–Kier alpha value is -1.01. The largest absolute Gasteiger partial charge is 0.493 e. The number of hydrogen-bond acceptors (Lipinski definition) is 3. The molecule has 0 aliphatic carbocycles. The molecule has 0 N–H and O–H groups in total. The molecule has 0 saturated carbocycles. The number of halogens is 2. The average Bonchev–Trinajstić information content (AvgIpc) is 2.68. The summed E-state index contributed by atoms with van der Waals surface area (Å²) in [7, 11) is 1.63. The Kier molecular flexibility index (Phi) is 4.66. The van der Waals surface area contributed by atoms with E-state index in [1.54, 1.807) is 7.11 Å². The normalized spacial score (nSPS) is 10.4. The van der Waals surface area contributed by atoms with Gasteiger partial charge in [-0.1, -0.05) is 12.1 Å². The second-order valence-electron chi connectivity index (χ2n) is 3.51. The van der Waals surface area contributed by atoms with Crippen LogP contribution in [0.3, 0.4) is 0 Å². The van der Waals surface area contributed by atoms with E-state index in [2.05, 4.69) is 37.0 Å². The van der Waals surface area contributed by atoms with Crippen LogP contribution in [0.25, 0.3) is 0 Å². The molecule has 0 atom stereocenters. The van der Waals surface area contributed by atoms with Crippen LogP contribution in [-0.4, -0.2) is 23.5 Å². The van der Waals surface area contributed by atoms with Crippen LogP contribution in [0.5, 0.6) is 11.5 Å². The van der Waals surface area contributed by atoms with Crippen molar-refractivity contribution in [3.63, 3.8) is 0 Å². The topological polar surface area (TPSA) is 36.3 Å². The summed E-state index contributed by atoms with van der Waals surface area (Å²) in [6.07, 6.45) is 0. The third-order valence-corrected chi connectivity index (χ3v) is 3.36. The highest BCUT2D eigenvalue weighted by atomic mass is 79.9. The summed E-state index contributed by atoms with van der Waals surface area (Å²) >= 11 is 6.74. The van der Waals surface area contributed by atoms with Crippen molar-refractivity contribution < 1.29 is 9.47 Å². The van der Waals surface area contributed by atoms with Crippen molar-refractivity contribution >= 4 is 31.9 Å². The van der Waals surface area contributed by atoms with Gasteiger partial charge in [-0.2, -0.15) is 5.10 Å². The Morgan fingerprint density at radius 1 is 1.22 bits per heavy atom. The molecule has 2 rings (SSSR count). The third-order valence-electron chi connectivity index (χ3n) is 2.33. The lowest BCUT2D eigenvalue weighted by Gasteiger charge is -2.10. The smallest absolute Gasteiger partial charge is 0.161 e. The highest BCUT2D eigenvalue weighted by Crippen LogP contribution is 2.25. The number of methoxy groups -OCH3 is 1. The van der Waals surface area contributed by atoms with Gasteiger partial charge in [0.25, 0.3) is 0 Å². The van der Waals surface area contributed by atoms with Gasteiger partial charge < -0.3 is 9.47 Å². The van der Waals surface area contributed by atoms with Crippen molar-refractivity contribution in [2.24, 2.45) is 0 Å². The van der Waals surface area contributed by atoms with Gasteiger partial charge in [0.2, 0.25) is 0 Å². The quantitative estimate of drug-likeness (QED) is 0.802. The van der Waals surface area contributed by atoms with E-state index in [0.717, 1.165) is 20.7 Å². The first kappa shape index (κ1) is 13.4. The van der Waals surface area contributed by atoms with E-state index < -0.39 is 0 Å². The summed E-state index contributed by atoms with van der Waals surface area (Å²) in [6, 6.07) is 9.47. The molecule has 0 amide bonds. The molecule has 1 aromatic heterocycles. The average molecular weight is 376 g/mol. The van der Waals surface area contributed by atoms with Gasteiger partial charge in [0.15, 0.2) is 11.5 Å². The van der Waals surface area contributed by atoms with E-state index in [4.69, 9.17) is 9.47 Å². The standard InChI is InChI=1S/C12H12Br2N2O2/c1-17-9-4-2-3-5-10(9)18-7-6-16-12(14)8-11(13)15-16/h2-5,8H,6-7H2,1H3. The summed E-state index contributed by atoms with van der Waals surface area (Å²) in [6.45, 7) is 1.18. The first-order valence-corrected chi connectivity index (χ1v) is 6.94. The fourth-order valence-electron chi connectivity index (χ4n) is 1.50. The van der Waals surface area contributed by atoms with Crippen LogP contribution < -0.4 is 9.47 Å². The zero-order chi connectivity index (χ0) is 13.0. The number of aromatic nitrogens is 2. The molecule has 0 unspecified atom stereocenters.